The lowest BCUT2D eigenvalue weighted by Crippen LogP contribution is -2.42. The number of aromatic nitrogens is 3. The van der Waals surface area contributed by atoms with Crippen molar-refractivity contribution in [2.45, 2.75) is 25.8 Å². The molecule has 4 N–H and O–H groups in total. The highest BCUT2D eigenvalue weighted by Gasteiger charge is 2.23. The fourth-order valence-electron chi connectivity index (χ4n) is 3.63. The Morgan fingerprint density at radius 3 is 2.96 bits per heavy atom. The summed E-state index contributed by atoms with van der Waals surface area (Å²) < 4.78 is 0. The molecule has 1 aliphatic heterocycles. The second-order valence-electron chi connectivity index (χ2n) is 6.12. The van der Waals surface area contributed by atoms with Gasteiger partial charge < -0.3 is 20.9 Å². The Bertz CT molecular complexity index is 832. The van der Waals surface area contributed by atoms with Gasteiger partial charge in [-0.3, -0.25) is 0 Å². The van der Waals surface area contributed by atoms with E-state index in [1.165, 1.54) is 0 Å². The number of pyridine rings is 2. The monoisotopic (exact) mass is 310 g/mol. The predicted octanol–water partition coefficient (Wildman–Crippen LogP) is 2.27. The van der Waals surface area contributed by atoms with Crippen LogP contribution >= 0.6 is 0 Å². The maximum Gasteiger partial charge on any atom is 0.147 e. The number of anilines is 2. The van der Waals surface area contributed by atoms with Crippen LogP contribution in [0.25, 0.3) is 21.9 Å². The van der Waals surface area contributed by atoms with Gasteiger partial charge in [-0.15, -0.1) is 0 Å². The SMILES string of the molecule is CCNC1CCN(c2c(N)ncc3[nH]c4ncccc4c23)CC1. The fourth-order valence-corrected chi connectivity index (χ4v) is 3.63. The van der Waals surface area contributed by atoms with E-state index in [0.29, 0.717) is 11.9 Å². The van der Waals surface area contributed by atoms with Crippen molar-refractivity contribution in [1.82, 2.24) is 20.3 Å². The van der Waals surface area contributed by atoms with E-state index in [1.807, 2.05) is 6.07 Å². The van der Waals surface area contributed by atoms with E-state index >= 15 is 0 Å². The van der Waals surface area contributed by atoms with Crippen molar-refractivity contribution in [3.05, 3.63) is 24.5 Å². The summed E-state index contributed by atoms with van der Waals surface area (Å²) in [5.41, 5.74) is 9.20. The minimum atomic E-state index is 0.601. The Kier molecular flexibility index (Phi) is 3.53. The summed E-state index contributed by atoms with van der Waals surface area (Å²) in [5.74, 6) is 0.601. The van der Waals surface area contributed by atoms with Crippen molar-refractivity contribution in [1.29, 1.82) is 0 Å². The molecule has 0 saturated carbocycles. The molecule has 0 amide bonds. The van der Waals surface area contributed by atoms with Crippen LogP contribution in [0.1, 0.15) is 19.8 Å². The highest BCUT2D eigenvalue weighted by molar-refractivity contribution is 6.14. The third-order valence-electron chi connectivity index (χ3n) is 4.72. The molecule has 0 unspecified atom stereocenters. The number of hydrogen-bond donors (Lipinski definition) is 3. The molecule has 4 rings (SSSR count). The van der Waals surface area contributed by atoms with E-state index in [2.05, 4.69) is 38.2 Å². The standard InChI is InChI=1S/C17H22N6/c1-2-19-11-5-8-23(9-6-11)15-14-12-4-3-7-20-17(12)22-13(14)10-21-16(15)18/h3-4,7,10-11,19H,2,5-6,8-9H2,1H3,(H2,18,21)(H,20,22). The van der Waals surface area contributed by atoms with Gasteiger partial charge in [-0.25, -0.2) is 9.97 Å². The maximum atomic E-state index is 6.26. The zero-order valence-corrected chi connectivity index (χ0v) is 13.3. The van der Waals surface area contributed by atoms with E-state index < -0.39 is 0 Å². The summed E-state index contributed by atoms with van der Waals surface area (Å²) >= 11 is 0. The molecule has 120 valence electrons. The molecule has 6 nitrogen and oxygen atoms in total. The minimum Gasteiger partial charge on any atom is -0.382 e. The van der Waals surface area contributed by atoms with Gasteiger partial charge in [-0.2, -0.15) is 0 Å². The summed E-state index contributed by atoms with van der Waals surface area (Å²) in [5, 5.41) is 5.80. The molecule has 0 aliphatic carbocycles. The first-order valence-corrected chi connectivity index (χ1v) is 8.27. The van der Waals surface area contributed by atoms with Crippen LogP contribution in [0.15, 0.2) is 24.5 Å². The number of nitrogens with zero attached hydrogens (tertiary/aromatic N) is 3. The second kappa shape index (κ2) is 5.70. The highest BCUT2D eigenvalue weighted by Crippen LogP contribution is 2.37. The van der Waals surface area contributed by atoms with Crippen molar-refractivity contribution in [2.75, 3.05) is 30.3 Å². The highest BCUT2D eigenvalue weighted by atomic mass is 15.2. The van der Waals surface area contributed by atoms with E-state index in [4.69, 9.17) is 5.73 Å². The molecule has 0 aromatic carbocycles. The van der Waals surface area contributed by atoms with Gasteiger partial charge in [0.2, 0.25) is 0 Å². The predicted molar refractivity (Wildman–Crippen MR) is 94.7 cm³/mol. The molecular weight excluding hydrogens is 288 g/mol. The lowest BCUT2D eigenvalue weighted by atomic mass is 10.0. The number of piperidine rings is 1. The first-order valence-electron chi connectivity index (χ1n) is 8.27. The summed E-state index contributed by atoms with van der Waals surface area (Å²) in [7, 11) is 0. The third-order valence-corrected chi connectivity index (χ3v) is 4.72. The van der Waals surface area contributed by atoms with Crippen molar-refractivity contribution in [3.63, 3.8) is 0 Å². The number of rotatable bonds is 3. The molecule has 3 aromatic rings. The lowest BCUT2D eigenvalue weighted by molar-refractivity contribution is 0.424. The zero-order chi connectivity index (χ0) is 15.8. The topological polar surface area (TPSA) is 82.9 Å². The Hall–Kier alpha value is -2.34. The molecule has 1 aliphatic rings. The van der Waals surface area contributed by atoms with Crippen LogP contribution in [-0.2, 0) is 0 Å². The van der Waals surface area contributed by atoms with Gasteiger partial charge in [0.1, 0.15) is 11.5 Å². The van der Waals surface area contributed by atoms with Crippen LogP contribution in [0.4, 0.5) is 11.5 Å². The van der Waals surface area contributed by atoms with Gasteiger partial charge in [-0.05, 0) is 31.5 Å². The van der Waals surface area contributed by atoms with Gasteiger partial charge in [-0.1, -0.05) is 6.92 Å². The number of aromatic amines is 1. The minimum absolute atomic E-state index is 0.601. The number of nitrogens with two attached hydrogens (primary N) is 1. The fraction of sp³-hybridized carbons (Fsp3) is 0.412. The van der Waals surface area contributed by atoms with Crippen LogP contribution < -0.4 is 16.0 Å². The summed E-state index contributed by atoms with van der Waals surface area (Å²) in [6, 6.07) is 4.66. The molecule has 0 bridgehead atoms. The molecule has 1 saturated heterocycles. The summed E-state index contributed by atoms with van der Waals surface area (Å²) in [4.78, 5) is 14.5. The summed E-state index contributed by atoms with van der Waals surface area (Å²) in [6.45, 7) is 5.18. The second-order valence-corrected chi connectivity index (χ2v) is 6.12. The smallest absolute Gasteiger partial charge is 0.147 e. The van der Waals surface area contributed by atoms with Crippen LogP contribution in [0, 0.1) is 0 Å². The number of fused-ring (bicyclic) bond motifs is 3. The quantitative estimate of drug-likeness (QED) is 0.691. The molecule has 1 fully saturated rings. The largest absolute Gasteiger partial charge is 0.382 e. The van der Waals surface area contributed by atoms with Gasteiger partial charge in [0.05, 0.1) is 17.4 Å². The van der Waals surface area contributed by atoms with E-state index in [0.717, 1.165) is 60.1 Å². The van der Waals surface area contributed by atoms with E-state index in [-0.39, 0.29) is 0 Å². The normalized spacial score (nSPS) is 16.5. The Balaban J connectivity index is 1.79. The van der Waals surface area contributed by atoms with Gasteiger partial charge in [0.15, 0.2) is 0 Å². The number of nitrogen functional groups attached to an aromatic ring is 1. The first kappa shape index (κ1) is 14.3. The Morgan fingerprint density at radius 2 is 2.17 bits per heavy atom. The van der Waals surface area contributed by atoms with Crippen LogP contribution in [0.5, 0.6) is 0 Å². The van der Waals surface area contributed by atoms with Gasteiger partial charge in [0, 0.05) is 36.1 Å². The van der Waals surface area contributed by atoms with Crippen molar-refractivity contribution in [2.24, 2.45) is 0 Å². The average Bonchev–Trinajstić information content (AvgIpc) is 2.95. The number of nitrogens with one attached hydrogen (secondary N) is 2. The number of hydrogen-bond acceptors (Lipinski definition) is 5. The molecule has 6 heteroatoms. The molecule has 4 heterocycles. The van der Waals surface area contributed by atoms with E-state index in [1.54, 1.807) is 12.4 Å². The molecule has 23 heavy (non-hydrogen) atoms. The molecule has 0 spiro atoms. The summed E-state index contributed by atoms with van der Waals surface area (Å²) in [6.07, 6.45) is 5.87. The molecule has 0 radical (unpaired) electrons. The van der Waals surface area contributed by atoms with Crippen LogP contribution in [-0.4, -0.2) is 40.6 Å². The van der Waals surface area contributed by atoms with Gasteiger partial charge >= 0.3 is 0 Å². The maximum absolute atomic E-state index is 6.26. The molecule has 3 aromatic heterocycles. The van der Waals surface area contributed by atoms with Crippen LogP contribution in [0.2, 0.25) is 0 Å². The average molecular weight is 310 g/mol. The lowest BCUT2D eigenvalue weighted by Gasteiger charge is -2.34. The Labute approximate surface area is 135 Å². The number of H-pyrrole nitrogens is 1. The van der Waals surface area contributed by atoms with E-state index in [9.17, 15) is 0 Å². The van der Waals surface area contributed by atoms with Crippen molar-refractivity contribution >= 4 is 33.4 Å². The Morgan fingerprint density at radius 1 is 1.35 bits per heavy atom. The third kappa shape index (κ3) is 2.39. The van der Waals surface area contributed by atoms with Crippen molar-refractivity contribution in [3.8, 4) is 0 Å². The van der Waals surface area contributed by atoms with Gasteiger partial charge in [0.25, 0.3) is 0 Å². The zero-order valence-electron chi connectivity index (χ0n) is 13.3. The van der Waals surface area contributed by atoms with Crippen LogP contribution in [0.3, 0.4) is 0 Å². The first-order chi connectivity index (χ1) is 11.3. The molecule has 0 atom stereocenters. The molecular formula is C17H22N6. The van der Waals surface area contributed by atoms with Crippen molar-refractivity contribution < 1.29 is 0 Å².